The molecule has 1 atom stereocenters. The number of piperidine rings is 1. The van der Waals surface area contributed by atoms with Crippen molar-refractivity contribution in [3.05, 3.63) is 69.0 Å². The van der Waals surface area contributed by atoms with Gasteiger partial charge in [0.05, 0.1) is 17.3 Å². The van der Waals surface area contributed by atoms with Crippen LogP contribution in [0.25, 0.3) is 11.3 Å². The zero-order valence-corrected chi connectivity index (χ0v) is 19.1. The largest absolute Gasteiger partial charge is 0.459 e. The van der Waals surface area contributed by atoms with E-state index in [9.17, 15) is 9.59 Å². The number of thiophene rings is 1. The number of carbonyl (C=O) groups is 2. The fourth-order valence-electron chi connectivity index (χ4n) is 3.77. The van der Waals surface area contributed by atoms with E-state index in [1.54, 1.807) is 11.9 Å². The van der Waals surface area contributed by atoms with Crippen LogP contribution < -0.4 is 0 Å². The van der Waals surface area contributed by atoms with Crippen molar-refractivity contribution in [1.29, 1.82) is 0 Å². The second kappa shape index (κ2) is 9.18. The van der Waals surface area contributed by atoms with Gasteiger partial charge in [0.25, 0.3) is 5.91 Å². The van der Waals surface area contributed by atoms with E-state index in [1.165, 1.54) is 11.3 Å². The lowest BCUT2D eigenvalue weighted by atomic mass is 9.96. The van der Waals surface area contributed by atoms with Gasteiger partial charge in [0.2, 0.25) is 5.91 Å². The molecule has 0 radical (unpaired) electrons. The van der Waals surface area contributed by atoms with Crippen LogP contribution in [0.15, 0.2) is 62.8 Å². The van der Waals surface area contributed by atoms with E-state index in [-0.39, 0.29) is 17.7 Å². The zero-order valence-electron chi connectivity index (χ0n) is 16.7. The van der Waals surface area contributed by atoms with E-state index in [1.807, 2.05) is 58.8 Å². The molecule has 5 nitrogen and oxygen atoms in total. The Kier molecular flexibility index (Phi) is 6.39. The molecule has 2 aromatic heterocycles. The molecule has 3 aromatic rings. The molecule has 1 unspecified atom stereocenters. The maximum Gasteiger partial charge on any atom is 0.263 e. The molecule has 156 valence electrons. The van der Waals surface area contributed by atoms with Gasteiger partial charge in [0.1, 0.15) is 11.5 Å². The van der Waals surface area contributed by atoms with Crippen molar-refractivity contribution in [1.82, 2.24) is 9.80 Å². The number of hydrogen-bond acceptors (Lipinski definition) is 4. The lowest BCUT2D eigenvalue weighted by Gasteiger charge is -2.33. The molecule has 0 saturated carbocycles. The van der Waals surface area contributed by atoms with E-state index < -0.39 is 0 Å². The number of nitrogens with zero attached hydrogens (tertiary/aromatic N) is 2. The molecule has 2 amide bonds. The molecular formula is C23H23BrN2O3S. The molecular weight excluding hydrogens is 464 g/mol. The molecule has 0 bridgehead atoms. The van der Waals surface area contributed by atoms with Crippen LogP contribution >= 0.6 is 27.3 Å². The number of furan rings is 1. The van der Waals surface area contributed by atoms with Gasteiger partial charge in [-0.2, -0.15) is 0 Å². The van der Waals surface area contributed by atoms with Crippen LogP contribution in [0.1, 0.15) is 28.3 Å². The van der Waals surface area contributed by atoms with Crippen molar-refractivity contribution >= 4 is 39.1 Å². The molecule has 0 aliphatic carbocycles. The average Bonchev–Trinajstić information content (AvgIpc) is 3.46. The first-order chi connectivity index (χ1) is 14.5. The summed E-state index contributed by atoms with van der Waals surface area (Å²) in [5, 5.41) is 1.90. The van der Waals surface area contributed by atoms with Gasteiger partial charge in [-0.05, 0) is 48.6 Å². The maximum atomic E-state index is 13.0. The Labute approximate surface area is 188 Å². The van der Waals surface area contributed by atoms with Crippen LogP contribution in [0, 0.1) is 5.92 Å². The molecule has 0 spiro atoms. The summed E-state index contributed by atoms with van der Waals surface area (Å²) >= 11 is 4.88. The highest BCUT2D eigenvalue weighted by molar-refractivity contribution is 9.10. The van der Waals surface area contributed by atoms with E-state index in [0.717, 1.165) is 39.3 Å². The van der Waals surface area contributed by atoms with Crippen molar-refractivity contribution in [2.45, 2.75) is 19.4 Å². The Bertz CT molecular complexity index is 1010. The van der Waals surface area contributed by atoms with Crippen molar-refractivity contribution in [2.24, 2.45) is 5.92 Å². The summed E-state index contributed by atoms with van der Waals surface area (Å²) in [5.74, 6) is 1.43. The minimum atomic E-state index is -0.173. The summed E-state index contributed by atoms with van der Waals surface area (Å²) in [6, 6.07) is 15.5. The number of likely N-dealkylation sites (tertiary alicyclic amines) is 1. The molecule has 1 aromatic carbocycles. The SMILES string of the molecule is CN(Cc1ccc(-c2ccc(Br)cc2)o1)C(=O)C1CCCN(C(=O)c2cccs2)C1. The Balaban J connectivity index is 1.37. The topological polar surface area (TPSA) is 53.8 Å². The van der Waals surface area contributed by atoms with Crippen molar-refractivity contribution in [2.75, 3.05) is 20.1 Å². The standard InChI is InChI=1S/C23H23BrN2O3S/c1-25(15-19-10-11-20(29-19)16-6-8-18(24)9-7-16)22(27)17-4-2-12-26(14-17)23(28)21-5-3-13-30-21/h3,5-11,13,17H,2,4,12,14-15H2,1H3. The number of halogens is 1. The normalized spacial score (nSPS) is 16.5. The van der Waals surface area contributed by atoms with Gasteiger partial charge in [-0.15, -0.1) is 11.3 Å². The Morgan fingerprint density at radius 1 is 1.20 bits per heavy atom. The summed E-state index contributed by atoms with van der Waals surface area (Å²) in [6.45, 7) is 1.59. The predicted octanol–water partition coefficient (Wildman–Crippen LogP) is 5.28. The molecule has 0 N–H and O–H groups in total. The summed E-state index contributed by atoms with van der Waals surface area (Å²) in [6.07, 6.45) is 1.65. The van der Waals surface area contributed by atoms with E-state index >= 15 is 0 Å². The predicted molar refractivity (Wildman–Crippen MR) is 121 cm³/mol. The molecule has 1 aliphatic rings. The number of amides is 2. The van der Waals surface area contributed by atoms with Crippen LogP contribution in [-0.4, -0.2) is 41.8 Å². The second-order valence-electron chi connectivity index (χ2n) is 7.53. The first-order valence-electron chi connectivity index (χ1n) is 9.93. The van der Waals surface area contributed by atoms with Crippen LogP contribution in [0.5, 0.6) is 0 Å². The summed E-state index contributed by atoms with van der Waals surface area (Å²) in [5.41, 5.74) is 0.994. The highest BCUT2D eigenvalue weighted by Gasteiger charge is 2.31. The first kappa shape index (κ1) is 20.9. The van der Waals surface area contributed by atoms with Crippen molar-refractivity contribution < 1.29 is 14.0 Å². The second-order valence-corrected chi connectivity index (χ2v) is 9.40. The maximum absolute atomic E-state index is 13.0. The summed E-state index contributed by atoms with van der Waals surface area (Å²) < 4.78 is 6.97. The third kappa shape index (κ3) is 4.68. The van der Waals surface area contributed by atoms with Crippen molar-refractivity contribution in [3.8, 4) is 11.3 Å². The zero-order chi connectivity index (χ0) is 21.1. The Morgan fingerprint density at radius 3 is 2.73 bits per heavy atom. The van der Waals surface area contributed by atoms with E-state index in [4.69, 9.17) is 4.42 Å². The van der Waals surface area contributed by atoms with Gasteiger partial charge in [-0.1, -0.05) is 34.1 Å². The number of hydrogen-bond donors (Lipinski definition) is 0. The molecule has 30 heavy (non-hydrogen) atoms. The van der Waals surface area contributed by atoms with Crippen LogP contribution in [0.4, 0.5) is 0 Å². The van der Waals surface area contributed by atoms with Gasteiger partial charge in [-0.3, -0.25) is 9.59 Å². The first-order valence-corrected chi connectivity index (χ1v) is 11.6. The highest BCUT2D eigenvalue weighted by Crippen LogP contribution is 2.26. The fourth-order valence-corrected chi connectivity index (χ4v) is 4.73. The third-order valence-electron chi connectivity index (χ3n) is 5.35. The smallest absolute Gasteiger partial charge is 0.263 e. The molecule has 7 heteroatoms. The lowest BCUT2D eigenvalue weighted by Crippen LogP contribution is -2.45. The number of rotatable bonds is 5. The molecule has 1 fully saturated rings. The van der Waals surface area contributed by atoms with Crippen molar-refractivity contribution in [3.63, 3.8) is 0 Å². The molecule has 3 heterocycles. The van der Waals surface area contributed by atoms with E-state index in [0.29, 0.717) is 19.6 Å². The van der Waals surface area contributed by atoms with Gasteiger partial charge in [-0.25, -0.2) is 0 Å². The minimum absolute atomic E-state index is 0.0235. The van der Waals surface area contributed by atoms with Gasteiger partial charge in [0, 0.05) is 30.2 Å². The summed E-state index contributed by atoms with van der Waals surface area (Å²) in [4.78, 5) is 29.9. The molecule has 1 saturated heterocycles. The van der Waals surface area contributed by atoms with Gasteiger partial charge < -0.3 is 14.2 Å². The Morgan fingerprint density at radius 2 is 2.00 bits per heavy atom. The number of carbonyl (C=O) groups excluding carboxylic acids is 2. The summed E-state index contributed by atoms with van der Waals surface area (Å²) in [7, 11) is 1.80. The van der Waals surface area contributed by atoms with E-state index in [2.05, 4.69) is 15.9 Å². The quantitative estimate of drug-likeness (QED) is 0.492. The molecule has 4 rings (SSSR count). The van der Waals surface area contributed by atoms with Crippen LogP contribution in [0.2, 0.25) is 0 Å². The fraction of sp³-hybridized carbons (Fsp3) is 0.304. The lowest BCUT2D eigenvalue weighted by molar-refractivity contribution is -0.136. The minimum Gasteiger partial charge on any atom is -0.459 e. The van der Waals surface area contributed by atoms with Gasteiger partial charge >= 0.3 is 0 Å². The van der Waals surface area contributed by atoms with Crippen LogP contribution in [-0.2, 0) is 11.3 Å². The Hall–Kier alpha value is -2.38. The van der Waals surface area contributed by atoms with Crippen LogP contribution in [0.3, 0.4) is 0 Å². The third-order valence-corrected chi connectivity index (χ3v) is 6.74. The average molecular weight is 487 g/mol. The monoisotopic (exact) mass is 486 g/mol. The highest BCUT2D eigenvalue weighted by atomic mass is 79.9. The number of benzene rings is 1. The molecule has 1 aliphatic heterocycles. The van der Waals surface area contributed by atoms with Gasteiger partial charge in [0.15, 0.2) is 0 Å².